The second-order valence-corrected chi connectivity index (χ2v) is 11.4. The van der Waals surface area contributed by atoms with E-state index in [-0.39, 0.29) is 29.7 Å². The van der Waals surface area contributed by atoms with Crippen molar-refractivity contribution in [2.75, 3.05) is 11.9 Å². The van der Waals surface area contributed by atoms with Gasteiger partial charge in [0.05, 0.1) is 20.8 Å². The number of nitrogens with two attached hydrogens (primary N) is 1. The van der Waals surface area contributed by atoms with E-state index in [2.05, 4.69) is 27.2 Å². The number of hydrogen-bond acceptors (Lipinski definition) is 8. The van der Waals surface area contributed by atoms with Gasteiger partial charge < -0.3 is 21.5 Å². The number of nitrogens with one attached hydrogen (secondary N) is 2. The smallest absolute Gasteiger partial charge is 0.273 e. The van der Waals surface area contributed by atoms with Crippen LogP contribution in [0.1, 0.15) is 38.7 Å². The Hall–Kier alpha value is -4.12. The van der Waals surface area contributed by atoms with E-state index >= 15 is 4.39 Å². The van der Waals surface area contributed by atoms with E-state index in [0.717, 1.165) is 34.0 Å². The van der Waals surface area contributed by atoms with Crippen LogP contribution < -0.4 is 16.4 Å². The van der Waals surface area contributed by atoms with Crippen molar-refractivity contribution < 1.29 is 14.3 Å². The number of nitrogens with zero attached hydrogens (tertiary/aromatic N) is 2. The van der Waals surface area contributed by atoms with E-state index in [4.69, 9.17) is 5.73 Å². The number of amides is 1. The van der Waals surface area contributed by atoms with Gasteiger partial charge in [0.1, 0.15) is 5.82 Å². The van der Waals surface area contributed by atoms with E-state index in [1.54, 1.807) is 6.20 Å². The Morgan fingerprint density at radius 3 is 2.56 bits per heavy atom. The molecule has 2 aromatic carbocycles. The number of benzene rings is 2. The number of carbonyl (C=O) groups excluding carboxylic acids is 1. The van der Waals surface area contributed by atoms with Crippen LogP contribution >= 0.6 is 23.5 Å². The fourth-order valence-electron chi connectivity index (χ4n) is 4.14. The van der Waals surface area contributed by atoms with Gasteiger partial charge in [0, 0.05) is 31.1 Å². The van der Waals surface area contributed by atoms with Crippen molar-refractivity contribution in [1.29, 1.82) is 0 Å². The quantitative estimate of drug-likeness (QED) is 0.146. The van der Waals surface area contributed by atoms with Gasteiger partial charge in [0.2, 0.25) is 0 Å². The average molecular weight is 588 g/mol. The lowest BCUT2D eigenvalue weighted by Crippen LogP contribution is -2.30. The van der Waals surface area contributed by atoms with Crippen molar-refractivity contribution in [2.45, 2.75) is 24.3 Å². The second-order valence-electron chi connectivity index (χ2n) is 8.96. The van der Waals surface area contributed by atoms with E-state index in [0.29, 0.717) is 15.1 Å². The number of rotatable bonds is 12. The van der Waals surface area contributed by atoms with Crippen molar-refractivity contribution in [3.05, 3.63) is 141 Å². The zero-order valence-electron chi connectivity index (χ0n) is 22.4. The van der Waals surface area contributed by atoms with Gasteiger partial charge >= 0.3 is 0 Å². The first-order valence-corrected chi connectivity index (χ1v) is 14.4. The van der Waals surface area contributed by atoms with Crippen LogP contribution in [0.3, 0.4) is 0 Å². The molecular formula is C31H30FN5O2S2. The highest BCUT2D eigenvalue weighted by Gasteiger charge is 2.22. The molecule has 1 unspecified atom stereocenters. The minimum atomic E-state index is -0.749. The lowest BCUT2D eigenvalue weighted by molar-refractivity contribution is 0.0942. The summed E-state index contributed by atoms with van der Waals surface area (Å²) < 4.78 is 16.1. The van der Waals surface area contributed by atoms with Crippen molar-refractivity contribution in [2.24, 2.45) is 5.73 Å². The summed E-state index contributed by atoms with van der Waals surface area (Å²) in [6, 6.07) is 22.4. The minimum absolute atomic E-state index is 0.138. The van der Waals surface area contributed by atoms with Gasteiger partial charge in [-0.2, -0.15) is 0 Å². The molecule has 0 spiro atoms. The molecule has 0 radical (unpaired) electrons. The van der Waals surface area contributed by atoms with Gasteiger partial charge in [-0.3, -0.25) is 4.79 Å². The highest BCUT2D eigenvalue weighted by atomic mass is 32.2. The van der Waals surface area contributed by atoms with E-state index in [1.165, 1.54) is 30.2 Å². The number of aliphatic hydroxyl groups excluding tert-OH is 1. The summed E-state index contributed by atoms with van der Waals surface area (Å²) in [7, 11) is 0. The number of halogens is 1. The molecule has 2 aromatic heterocycles. The van der Waals surface area contributed by atoms with Crippen molar-refractivity contribution in [3.8, 4) is 0 Å². The first-order valence-electron chi connectivity index (χ1n) is 12.7. The van der Waals surface area contributed by atoms with Gasteiger partial charge in [0.25, 0.3) is 5.91 Å². The Bertz CT molecular complexity index is 1550. The van der Waals surface area contributed by atoms with Crippen molar-refractivity contribution in [1.82, 2.24) is 15.3 Å². The second kappa shape index (κ2) is 14.5. The van der Waals surface area contributed by atoms with Crippen LogP contribution in [0.4, 0.5) is 10.2 Å². The number of aryl methyl sites for hydroxylation is 1. The number of hydrogen-bond donors (Lipinski definition) is 4. The number of anilines is 1. The monoisotopic (exact) mass is 587 g/mol. The highest BCUT2D eigenvalue weighted by molar-refractivity contribution is 8.24. The fraction of sp³-hybridized carbons (Fsp3) is 0.129. The molecule has 1 atom stereocenters. The molecule has 0 saturated carbocycles. The Morgan fingerprint density at radius 2 is 1.83 bits per heavy atom. The van der Waals surface area contributed by atoms with Crippen molar-refractivity contribution >= 4 is 35.2 Å². The largest absolute Gasteiger partial charge is 0.403 e. The third-order valence-electron chi connectivity index (χ3n) is 6.09. The zero-order chi connectivity index (χ0) is 29.2. The fourth-order valence-corrected chi connectivity index (χ4v) is 5.95. The maximum atomic E-state index is 15.5. The Morgan fingerprint density at radius 1 is 1.10 bits per heavy atom. The van der Waals surface area contributed by atoms with Crippen LogP contribution in [0.25, 0.3) is 0 Å². The molecule has 210 valence electrons. The number of aliphatic hydroxyl groups is 1. The lowest BCUT2D eigenvalue weighted by atomic mass is 9.88. The Balaban J connectivity index is 1.47. The molecule has 0 bridgehead atoms. The standard InChI is InChI=1S/C31H30FN5O2S2/c1-20-12-14-34-27(16-20)37-21(2)40-28(17-33)41-26-13-15-35-30(29(26)32)31(39)36-18-25(22-8-4-3-5-9-22)24-11-7-6-10-23(24)19-38/h3-17,25,38H,2,18-19,33H2,1H3,(H,34,37)(H,36,39)/b28-17+. The molecule has 4 aromatic rings. The highest BCUT2D eigenvalue weighted by Crippen LogP contribution is 2.39. The van der Waals surface area contributed by atoms with Crippen LogP contribution in [0.5, 0.6) is 0 Å². The summed E-state index contributed by atoms with van der Waals surface area (Å²) in [5.41, 5.74) is 9.14. The molecule has 0 aliphatic carbocycles. The summed E-state index contributed by atoms with van der Waals surface area (Å²) in [5.74, 6) is -1.02. The van der Waals surface area contributed by atoms with Crippen LogP contribution in [-0.4, -0.2) is 27.5 Å². The zero-order valence-corrected chi connectivity index (χ0v) is 24.0. The topological polar surface area (TPSA) is 113 Å². The van der Waals surface area contributed by atoms with Crippen LogP contribution in [0.2, 0.25) is 0 Å². The maximum Gasteiger partial charge on any atom is 0.273 e. The molecule has 4 rings (SSSR count). The molecule has 1 amide bonds. The number of carbonyl (C=O) groups is 1. The van der Waals surface area contributed by atoms with Gasteiger partial charge in [-0.05, 0) is 47.4 Å². The summed E-state index contributed by atoms with van der Waals surface area (Å²) in [4.78, 5) is 21.6. The van der Waals surface area contributed by atoms with E-state index < -0.39 is 11.7 Å². The third kappa shape index (κ3) is 7.97. The summed E-state index contributed by atoms with van der Waals surface area (Å²) in [6.07, 6.45) is 4.43. The normalized spacial score (nSPS) is 12.0. The molecule has 0 aliphatic rings. The Kier molecular flexibility index (Phi) is 10.6. The molecule has 5 N–H and O–H groups in total. The predicted molar refractivity (Wildman–Crippen MR) is 165 cm³/mol. The minimum Gasteiger partial charge on any atom is -0.403 e. The summed E-state index contributed by atoms with van der Waals surface area (Å²) in [5, 5.41) is 16.4. The summed E-state index contributed by atoms with van der Waals surface area (Å²) in [6.45, 7) is 6.00. The molecule has 0 saturated heterocycles. The first kappa shape index (κ1) is 29.9. The van der Waals surface area contributed by atoms with Crippen LogP contribution in [-0.2, 0) is 6.61 Å². The SMILES string of the molecule is C=C(Nc1cc(C)ccn1)S/C(=C\N)Sc1ccnc(C(=O)NCC(c2ccccc2)c2ccccc2CO)c1F. The van der Waals surface area contributed by atoms with Gasteiger partial charge in [-0.15, -0.1) is 0 Å². The molecule has 41 heavy (non-hydrogen) atoms. The van der Waals surface area contributed by atoms with Gasteiger partial charge in [-0.1, -0.05) is 84.7 Å². The van der Waals surface area contributed by atoms with Gasteiger partial charge in [0.15, 0.2) is 11.5 Å². The first-order chi connectivity index (χ1) is 19.9. The molecule has 7 nitrogen and oxygen atoms in total. The third-order valence-corrected chi connectivity index (χ3v) is 8.15. The van der Waals surface area contributed by atoms with Crippen molar-refractivity contribution in [3.63, 3.8) is 0 Å². The average Bonchev–Trinajstić information content (AvgIpc) is 2.98. The molecule has 2 heterocycles. The molecule has 0 fully saturated rings. The Labute approximate surface area is 247 Å². The van der Waals surface area contributed by atoms with E-state index in [9.17, 15) is 9.90 Å². The lowest BCUT2D eigenvalue weighted by Gasteiger charge is -2.21. The van der Waals surface area contributed by atoms with Gasteiger partial charge in [-0.25, -0.2) is 14.4 Å². The maximum absolute atomic E-state index is 15.5. The van der Waals surface area contributed by atoms with E-state index in [1.807, 2.05) is 73.7 Å². The summed E-state index contributed by atoms with van der Waals surface area (Å²) >= 11 is 2.29. The number of pyridine rings is 2. The molecule has 0 aliphatic heterocycles. The van der Waals surface area contributed by atoms with Crippen LogP contribution in [0.15, 0.2) is 112 Å². The predicted octanol–water partition coefficient (Wildman–Crippen LogP) is 6.14. The number of aromatic nitrogens is 2. The van der Waals surface area contributed by atoms with Crippen LogP contribution in [0, 0.1) is 12.7 Å². The number of thioether (sulfide) groups is 2. The molecular weight excluding hydrogens is 558 g/mol. The molecule has 10 heteroatoms.